The minimum Gasteiger partial charge on any atom is -0.467 e. The standard InChI is InChI=1S/C13H11N5O4S/c1-7-16-17-12(23-7)15-10(19)9-5-14-13(21)18(11(9)20)6-8-3-2-4-22-8/h2-5H,6H2,1H3,(H,14,21)(H,15,17,19). The molecule has 0 saturated carbocycles. The van der Waals surface area contributed by atoms with Gasteiger partial charge < -0.3 is 9.40 Å². The monoisotopic (exact) mass is 333 g/mol. The van der Waals surface area contributed by atoms with Crippen LogP contribution in [0.1, 0.15) is 21.1 Å². The van der Waals surface area contributed by atoms with Gasteiger partial charge in [-0.15, -0.1) is 10.2 Å². The third-order valence-corrected chi connectivity index (χ3v) is 3.70. The zero-order chi connectivity index (χ0) is 16.4. The maximum absolute atomic E-state index is 12.4. The summed E-state index contributed by atoms with van der Waals surface area (Å²) in [7, 11) is 0. The molecule has 23 heavy (non-hydrogen) atoms. The van der Waals surface area contributed by atoms with E-state index in [0.717, 1.165) is 10.8 Å². The van der Waals surface area contributed by atoms with Gasteiger partial charge in [0.05, 0.1) is 12.8 Å². The molecule has 0 saturated heterocycles. The second kappa shape index (κ2) is 6.01. The summed E-state index contributed by atoms with van der Waals surface area (Å²) in [4.78, 5) is 38.7. The lowest BCUT2D eigenvalue weighted by Crippen LogP contribution is -2.39. The number of amides is 1. The molecular formula is C13H11N5O4S. The third-order valence-electron chi connectivity index (χ3n) is 2.95. The van der Waals surface area contributed by atoms with Gasteiger partial charge in [0, 0.05) is 6.20 Å². The van der Waals surface area contributed by atoms with Crippen LogP contribution in [0.25, 0.3) is 0 Å². The first-order chi connectivity index (χ1) is 11.0. The Balaban J connectivity index is 1.92. The number of aryl methyl sites for hydroxylation is 1. The van der Waals surface area contributed by atoms with Gasteiger partial charge in [-0.05, 0) is 19.1 Å². The van der Waals surface area contributed by atoms with Crippen molar-refractivity contribution >= 4 is 22.4 Å². The highest BCUT2D eigenvalue weighted by Gasteiger charge is 2.17. The van der Waals surface area contributed by atoms with E-state index in [1.807, 2.05) is 0 Å². The first kappa shape index (κ1) is 14.9. The Hall–Kier alpha value is -3.01. The lowest BCUT2D eigenvalue weighted by atomic mass is 10.3. The number of hydrogen-bond donors (Lipinski definition) is 2. The van der Waals surface area contributed by atoms with Gasteiger partial charge in [0.1, 0.15) is 16.3 Å². The van der Waals surface area contributed by atoms with Crippen molar-refractivity contribution in [2.45, 2.75) is 13.5 Å². The maximum atomic E-state index is 12.4. The lowest BCUT2D eigenvalue weighted by molar-refractivity contribution is 0.102. The van der Waals surface area contributed by atoms with Crippen LogP contribution in [0.5, 0.6) is 0 Å². The maximum Gasteiger partial charge on any atom is 0.328 e. The van der Waals surface area contributed by atoms with Crippen molar-refractivity contribution in [3.8, 4) is 0 Å². The molecular weight excluding hydrogens is 322 g/mol. The van der Waals surface area contributed by atoms with Gasteiger partial charge in [-0.25, -0.2) is 4.79 Å². The number of H-pyrrole nitrogens is 1. The molecule has 0 aromatic carbocycles. The summed E-state index contributed by atoms with van der Waals surface area (Å²) in [6.45, 7) is 1.67. The van der Waals surface area contributed by atoms with Crippen LogP contribution in [0.2, 0.25) is 0 Å². The second-order valence-electron chi connectivity index (χ2n) is 4.56. The molecule has 9 nitrogen and oxygen atoms in total. The van der Waals surface area contributed by atoms with Crippen molar-refractivity contribution in [3.63, 3.8) is 0 Å². The highest BCUT2D eigenvalue weighted by Crippen LogP contribution is 2.14. The van der Waals surface area contributed by atoms with Gasteiger partial charge >= 0.3 is 5.69 Å². The molecule has 118 valence electrons. The quantitative estimate of drug-likeness (QED) is 0.720. The Morgan fingerprint density at radius 3 is 2.91 bits per heavy atom. The molecule has 0 bridgehead atoms. The van der Waals surface area contributed by atoms with E-state index < -0.39 is 17.2 Å². The molecule has 0 aliphatic carbocycles. The van der Waals surface area contributed by atoms with Crippen molar-refractivity contribution < 1.29 is 9.21 Å². The zero-order valence-corrected chi connectivity index (χ0v) is 12.7. The molecule has 10 heteroatoms. The van der Waals surface area contributed by atoms with Gasteiger partial charge in [-0.1, -0.05) is 11.3 Å². The van der Waals surface area contributed by atoms with Crippen LogP contribution in [-0.2, 0) is 6.54 Å². The summed E-state index contributed by atoms with van der Waals surface area (Å²) in [6, 6.07) is 3.27. The van der Waals surface area contributed by atoms with Crippen molar-refractivity contribution in [2.75, 3.05) is 5.32 Å². The molecule has 1 amide bonds. The second-order valence-corrected chi connectivity index (χ2v) is 5.74. The molecule has 2 N–H and O–H groups in total. The predicted octanol–water partition coefficient (Wildman–Crippen LogP) is 0.590. The number of anilines is 1. The van der Waals surface area contributed by atoms with Gasteiger partial charge in [0.2, 0.25) is 5.13 Å². The van der Waals surface area contributed by atoms with Crippen LogP contribution in [-0.4, -0.2) is 25.7 Å². The molecule has 0 aliphatic rings. The van der Waals surface area contributed by atoms with Crippen LogP contribution in [0.15, 0.2) is 38.6 Å². The summed E-state index contributed by atoms with van der Waals surface area (Å²) in [5.41, 5.74) is -1.55. The number of nitrogens with one attached hydrogen (secondary N) is 2. The lowest BCUT2D eigenvalue weighted by Gasteiger charge is -2.05. The molecule has 0 atom stereocenters. The van der Waals surface area contributed by atoms with E-state index in [4.69, 9.17) is 4.42 Å². The fraction of sp³-hybridized carbons (Fsp3) is 0.154. The Bertz CT molecular complexity index is 953. The third kappa shape index (κ3) is 3.11. The average molecular weight is 333 g/mol. The van der Waals surface area contributed by atoms with E-state index in [0.29, 0.717) is 10.8 Å². The van der Waals surface area contributed by atoms with Crippen LogP contribution < -0.4 is 16.6 Å². The largest absolute Gasteiger partial charge is 0.467 e. The topological polar surface area (TPSA) is 123 Å². The van der Waals surface area contributed by atoms with Crippen molar-refractivity contribution in [3.05, 3.63) is 61.8 Å². The van der Waals surface area contributed by atoms with Gasteiger partial charge in [0.15, 0.2) is 0 Å². The number of furan rings is 1. The fourth-order valence-corrected chi connectivity index (χ4v) is 2.47. The minimum atomic E-state index is -0.719. The van der Waals surface area contributed by atoms with Crippen LogP contribution in [0.3, 0.4) is 0 Å². The summed E-state index contributed by atoms with van der Waals surface area (Å²) in [6.07, 6.45) is 2.51. The molecule has 3 aromatic heterocycles. The molecule has 0 aliphatic heterocycles. The van der Waals surface area contributed by atoms with Crippen LogP contribution in [0.4, 0.5) is 5.13 Å². The van der Waals surface area contributed by atoms with E-state index in [-0.39, 0.29) is 17.2 Å². The highest BCUT2D eigenvalue weighted by atomic mass is 32.1. The van der Waals surface area contributed by atoms with Gasteiger partial charge in [0.25, 0.3) is 11.5 Å². The number of carbonyl (C=O) groups is 1. The number of hydrogen-bond acceptors (Lipinski definition) is 7. The van der Waals surface area contributed by atoms with Crippen LogP contribution >= 0.6 is 11.3 Å². The summed E-state index contributed by atoms with van der Waals surface area (Å²) < 4.78 is 6.00. The smallest absolute Gasteiger partial charge is 0.328 e. The first-order valence-corrected chi connectivity index (χ1v) is 7.32. The molecule has 3 rings (SSSR count). The number of aromatic nitrogens is 4. The Kier molecular flexibility index (Phi) is 3.89. The Morgan fingerprint density at radius 2 is 2.26 bits per heavy atom. The number of aromatic amines is 1. The highest BCUT2D eigenvalue weighted by molar-refractivity contribution is 7.15. The number of rotatable bonds is 4. The Labute approximate surface area is 132 Å². The van der Waals surface area contributed by atoms with Crippen molar-refractivity contribution in [1.29, 1.82) is 0 Å². The summed E-state index contributed by atoms with van der Waals surface area (Å²) in [5.74, 6) is -0.245. The van der Waals surface area contributed by atoms with E-state index in [1.165, 1.54) is 17.6 Å². The molecule has 3 aromatic rings. The molecule has 3 heterocycles. The van der Waals surface area contributed by atoms with Crippen LogP contribution in [0, 0.1) is 6.92 Å². The van der Waals surface area contributed by atoms with Gasteiger partial charge in [-0.3, -0.25) is 19.5 Å². The fourth-order valence-electron chi connectivity index (χ4n) is 1.89. The molecule has 0 unspecified atom stereocenters. The summed E-state index contributed by atoms with van der Waals surface area (Å²) in [5, 5.41) is 10.9. The van der Waals surface area contributed by atoms with E-state index in [9.17, 15) is 14.4 Å². The van der Waals surface area contributed by atoms with E-state index in [2.05, 4.69) is 20.5 Å². The normalized spacial score (nSPS) is 10.7. The molecule has 0 spiro atoms. The summed E-state index contributed by atoms with van der Waals surface area (Å²) >= 11 is 1.18. The number of carbonyl (C=O) groups excluding carboxylic acids is 1. The van der Waals surface area contributed by atoms with E-state index >= 15 is 0 Å². The van der Waals surface area contributed by atoms with Gasteiger partial charge in [-0.2, -0.15) is 0 Å². The van der Waals surface area contributed by atoms with E-state index in [1.54, 1.807) is 19.1 Å². The molecule has 0 fully saturated rings. The van der Waals surface area contributed by atoms with Crippen molar-refractivity contribution in [2.24, 2.45) is 0 Å². The minimum absolute atomic E-state index is 0.0692. The first-order valence-electron chi connectivity index (χ1n) is 6.51. The van der Waals surface area contributed by atoms with Crippen molar-refractivity contribution in [1.82, 2.24) is 19.7 Å². The predicted molar refractivity (Wildman–Crippen MR) is 81.7 cm³/mol. The zero-order valence-electron chi connectivity index (χ0n) is 11.9. The SMILES string of the molecule is Cc1nnc(NC(=O)c2c[nH]c(=O)n(Cc3ccco3)c2=O)s1. The molecule has 0 radical (unpaired) electrons. The average Bonchev–Trinajstić information content (AvgIpc) is 3.15. The number of nitrogens with zero attached hydrogens (tertiary/aromatic N) is 3. The Morgan fingerprint density at radius 1 is 1.43 bits per heavy atom.